The predicted molar refractivity (Wildman–Crippen MR) is 138 cm³/mol. The highest BCUT2D eigenvalue weighted by atomic mass is 16.4. The van der Waals surface area contributed by atoms with Crippen LogP contribution in [0.2, 0.25) is 0 Å². The molecule has 1 fully saturated rings. The van der Waals surface area contributed by atoms with Gasteiger partial charge < -0.3 is 15.7 Å². The Balaban J connectivity index is 1.35. The van der Waals surface area contributed by atoms with E-state index in [0.717, 1.165) is 74.7 Å². The molecule has 0 spiro atoms. The zero-order valence-corrected chi connectivity index (χ0v) is 20.2. The van der Waals surface area contributed by atoms with Crippen LogP contribution in [-0.4, -0.2) is 75.1 Å². The predicted octanol–water partition coefficient (Wildman–Crippen LogP) is 3.70. The number of benzene rings is 1. The maximum Gasteiger partial charge on any atom is 0.317 e. The lowest BCUT2D eigenvalue weighted by atomic mass is 10.1. The Bertz CT molecular complexity index is 1100. The molecule has 1 aliphatic rings. The smallest absolute Gasteiger partial charge is 0.317 e. The largest absolute Gasteiger partial charge is 0.480 e. The van der Waals surface area contributed by atoms with Gasteiger partial charge in [0.2, 0.25) is 5.95 Å². The van der Waals surface area contributed by atoms with Gasteiger partial charge in [-0.05, 0) is 41.8 Å². The first kappa shape index (κ1) is 24.6. The van der Waals surface area contributed by atoms with E-state index in [1.54, 1.807) is 6.20 Å². The van der Waals surface area contributed by atoms with Crippen LogP contribution < -0.4 is 10.6 Å². The van der Waals surface area contributed by atoms with Gasteiger partial charge in [-0.25, -0.2) is 15.0 Å². The van der Waals surface area contributed by atoms with E-state index in [-0.39, 0.29) is 6.54 Å². The SMILES string of the molecule is CCCCNc1ncc(-c2ccnc(Nc3cccc(CN4CCN(CC(=O)O)CC4)c3)c2)cn1. The van der Waals surface area contributed by atoms with Gasteiger partial charge in [0.05, 0.1) is 6.54 Å². The van der Waals surface area contributed by atoms with E-state index >= 15 is 0 Å². The molecule has 0 aliphatic carbocycles. The highest BCUT2D eigenvalue weighted by molar-refractivity contribution is 5.69. The van der Waals surface area contributed by atoms with Crippen LogP contribution in [0.4, 0.5) is 17.5 Å². The van der Waals surface area contributed by atoms with Crippen LogP contribution in [0.25, 0.3) is 11.1 Å². The zero-order valence-electron chi connectivity index (χ0n) is 20.2. The molecule has 0 bridgehead atoms. The fraction of sp³-hybridized carbons (Fsp3) is 0.385. The van der Waals surface area contributed by atoms with Gasteiger partial charge in [0.25, 0.3) is 0 Å². The number of rotatable bonds is 11. The molecule has 0 radical (unpaired) electrons. The Hall–Kier alpha value is -3.56. The summed E-state index contributed by atoms with van der Waals surface area (Å²) < 4.78 is 0. The summed E-state index contributed by atoms with van der Waals surface area (Å²) in [6, 6.07) is 12.3. The molecule has 0 saturated carbocycles. The molecule has 1 saturated heterocycles. The monoisotopic (exact) mass is 475 g/mol. The second-order valence-corrected chi connectivity index (χ2v) is 8.78. The van der Waals surface area contributed by atoms with E-state index in [2.05, 4.69) is 49.5 Å². The summed E-state index contributed by atoms with van der Waals surface area (Å²) in [6.45, 7) is 7.27. The number of anilines is 3. The molecular weight excluding hydrogens is 442 g/mol. The van der Waals surface area contributed by atoms with Crippen molar-refractivity contribution in [3.05, 3.63) is 60.6 Å². The molecule has 0 unspecified atom stereocenters. The summed E-state index contributed by atoms with van der Waals surface area (Å²) in [5.74, 6) is 0.640. The van der Waals surface area contributed by atoms with Crippen molar-refractivity contribution in [2.24, 2.45) is 0 Å². The summed E-state index contributed by atoms with van der Waals surface area (Å²) in [5.41, 5.74) is 4.12. The van der Waals surface area contributed by atoms with Crippen LogP contribution in [0, 0.1) is 0 Å². The van der Waals surface area contributed by atoms with Gasteiger partial charge in [-0.3, -0.25) is 14.6 Å². The lowest BCUT2D eigenvalue weighted by Gasteiger charge is -2.33. The van der Waals surface area contributed by atoms with Crippen molar-refractivity contribution in [2.75, 3.05) is 49.9 Å². The molecule has 4 rings (SSSR count). The molecule has 1 aromatic carbocycles. The van der Waals surface area contributed by atoms with E-state index in [9.17, 15) is 4.79 Å². The molecule has 1 aliphatic heterocycles. The minimum atomic E-state index is -0.765. The minimum Gasteiger partial charge on any atom is -0.480 e. The molecule has 0 amide bonds. The molecule has 184 valence electrons. The molecule has 3 N–H and O–H groups in total. The van der Waals surface area contributed by atoms with Crippen molar-refractivity contribution >= 4 is 23.4 Å². The van der Waals surface area contributed by atoms with Crippen molar-refractivity contribution in [1.82, 2.24) is 24.8 Å². The fourth-order valence-electron chi connectivity index (χ4n) is 4.07. The van der Waals surface area contributed by atoms with Gasteiger partial charge >= 0.3 is 5.97 Å². The molecule has 9 nitrogen and oxygen atoms in total. The first-order valence-electron chi connectivity index (χ1n) is 12.1. The van der Waals surface area contributed by atoms with Crippen LogP contribution >= 0.6 is 0 Å². The van der Waals surface area contributed by atoms with Crippen LogP contribution in [-0.2, 0) is 11.3 Å². The average Bonchev–Trinajstić information content (AvgIpc) is 2.86. The van der Waals surface area contributed by atoms with Crippen LogP contribution in [0.15, 0.2) is 55.0 Å². The summed E-state index contributed by atoms with van der Waals surface area (Å²) in [4.78, 5) is 28.6. The second kappa shape index (κ2) is 12.2. The van der Waals surface area contributed by atoms with Gasteiger partial charge in [0.15, 0.2) is 0 Å². The lowest BCUT2D eigenvalue weighted by molar-refractivity contribution is -0.138. The Kier molecular flexibility index (Phi) is 8.58. The number of aromatic nitrogens is 3. The van der Waals surface area contributed by atoms with E-state index in [1.807, 2.05) is 41.6 Å². The van der Waals surface area contributed by atoms with E-state index in [4.69, 9.17) is 5.11 Å². The van der Waals surface area contributed by atoms with Gasteiger partial charge in [-0.2, -0.15) is 0 Å². The summed E-state index contributed by atoms with van der Waals surface area (Å²) in [7, 11) is 0. The number of aliphatic carboxylic acids is 1. The van der Waals surface area contributed by atoms with Crippen LogP contribution in [0.1, 0.15) is 25.3 Å². The third kappa shape index (κ3) is 7.46. The summed E-state index contributed by atoms with van der Waals surface area (Å²) >= 11 is 0. The van der Waals surface area contributed by atoms with Gasteiger partial charge in [0, 0.05) is 69.1 Å². The van der Waals surface area contributed by atoms with Crippen molar-refractivity contribution in [3.8, 4) is 11.1 Å². The number of pyridine rings is 1. The zero-order chi connectivity index (χ0) is 24.5. The Morgan fingerprint density at radius 3 is 2.51 bits per heavy atom. The maximum absolute atomic E-state index is 10.9. The highest BCUT2D eigenvalue weighted by Crippen LogP contribution is 2.23. The number of hydrogen-bond acceptors (Lipinski definition) is 8. The topological polar surface area (TPSA) is 107 Å². The molecule has 2 aromatic heterocycles. The Morgan fingerprint density at radius 1 is 1.00 bits per heavy atom. The highest BCUT2D eigenvalue weighted by Gasteiger charge is 2.18. The van der Waals surface area contributed by atoms with Crippen LogP contribution in [0.3, 0.4) is 0 Å². The normalized spacial score (nSPS) is 14.5. The van der Waals surface area contributed by atoms with Gasteiger partial charge in [0.1, 0.15) is 5.82 Å². The van der Waals surface area contributed by atoms with E-state index in [0.29, 0.717) is 5.95 Å². The van der Waals surface area contributed by atoms with Crippen molar-refractivity contribution < 1.29 is 9.90 Å². The molecule has 0 atom stereocenters. The number of hydrogen-bond donors (Lipinski definition) is 3. The number of carboxylic acids is 1. The third-order valence-electron chi connectivity index (χ3n) is 5.99. The molecule has 3 aromatic rings. The lowest BCUT2D eigenvalue weighted by Crippen LogP contribution is -2.47. The maximum atomic E-state index is 10.9. The Morgan fingerprint density at radius 2 is 1.77 bits per heavy atom. The standard InChI is InChI=1S/C26H33N7O2/c1-2-3-8-28-26-29-16-22(17-30-26)21-7-9-27-24(15-21)31-23-6-4-5-20(14-23)18-32-10-12-33(13-11-32)19-25(34)35/h4-7,9,14-17H,2-3,8,10-13,18-19H2,1H3,(H,27,31)(H,34,35)(H,28,29,30). The third-order valence-corrected chi connectivity index (χ3v) is 5.99. The number of piperazine rings is 1. The van der Waals surface area contributed by atoms with Gasteiger partial charge in [-0.15, -0.1) is 0 Å². The number of carbonyl (C=O) groups is 1. The van der Waals surface area contributed by atoms with E-state index in [1.165, 1.54) is 5.56 Å². The molecular formula is C26H33N7O2. The van der Waals surface area contributed by atoms with Crippen LogP contribution in [0.5, 0.6) is 0 Å². The number of carboxylic acid groups (broad SMARTS) is 1. The summed E-state index contributed by atoms with van der Waals surface area (Å²) in [5, 5.41) is 15.6. The number of unbranched alkanes of at least 4 members (excludes halogenated alkanes) is 1. The molecule has 35 heavy (non-hydrogen) atoms. The van der Waals surface area contributed by atoms with Gasteiger partial charge in [-0.1, -0.05) is 25.5 Å². The molecule has 9 heteroatoms. The van der Waals surface area contributed by atoms with Crippen molar-refractivity contribution in [3.63, 3.8) is 0 Å². The Labute approximate surface area is 206 Å². The van der Waals surface area contributed by atoms with Crippen molar-refractivity contribution in [1.29, 1.82) is 0 Å². The first-order valence-corrected chi connectivity index (χ1v) is 12.1. The first-order chi connectivity index (χ1) is 17.1. The number of nitrogens with zero attached hydrogens (tertiary/aromatic N) is 5. The fourth-order valence-corrected chi connectivity index (χ4v) is 4.07. The number of nitrogens with one attached hydrogen (secondary N) is 2. The molecule has 3 heterocycles. The quantitative estimate of drug-likeness (QED) is 0.358. The second-order valence-electron chi connectivity index (χ2n) is 8.78. The van der Waals surface area contributed by atoms with E-state index < -0.39 is 5.97 Å². The minimum absolute atomic E-state index is 0.116. The van der Waals surface area contributed by atoms with Crippen molar-refractivity contribution in [2.45, 2.75) is 26.3 Å². The summed E-state index contributed by atoms with van der Waals surface area (Å²) in [6.07, 6.45) is 7.67. The average molecular weight is 476 g/mol.